The maximum absolute atomic E-state index is 13.4. The van der Waals surface area contributed by atoms with E-state index < -0.39 is 6.04 Å². The molecule has 0 heterocycles. The molecule has 1 aromatic rings. The lowest BCUT2D eigenvalue weighted by atomic mass is 9.82. The minimum Gasteiger partial charge on any atom is -0.352 e. The van der Waals surface area contributed by atoms with Crippen molar-refractivity contribution >= 4 is 11.8 Å². The number of amides is 2. The van der Waals surface area contributed by atoms with Crippen molar-refractivity contribution in [1.82, 2.24) is 10.2 Å². The molecule has 1 unspecified atom stereocenters. The third kappa shape index (κ3) is 5.16. The summed E-state index contributed by atoms with van der Waals surface area (Å²) >= 11 is 0. The second-order valence-corrected chi connectivity index (χ2v) is 8.19. The van der Waals surface area contributed by atoms with E-state index in [-0.39, 0.29) is 30.3 Å². The molecule has 0 saturated heterocycles. The minimum absolute atomic E-state index is 0.0154. The predicted molar refractivity (Wildman–Crippen MR) is 112 cm³/mol. The number of hydrogen-bond acceptors (Lipinski definition) is 2. The highest BCUT2D eigenvalue weighted by Crippen LogP contribution is 2.30. The highest BCUT2D eigenvalue weighted by molar-refractivity contribution is 5.98. The van der Waals surface area contributed by atoms with Crippen LogP contribution < -0.4 is 5.32 Å². The van der Waals surface area contributed by atoms with Crippen LogP contribution in [0.5, 0.6) is 0 Å². The standard InChI is InChI=1S/C24H32N2O2/c1-2-18-26(24(28)20-14-8-4-9-15-20)22(19-12-6-3-7-13-19)23(27)25-21-16-10-5-11-17-21/h1,4,8-9,14-15,19,21-22H,3,5-7,10-13,16-18H2,(H,25,27). The van der Waals surface area contributed by atoms with Crippen molar-refractivity contribution in [2.45, 2.75) is 76.3 Å². The van der Waals surface area contributed by atoms with Gasteiger partial charge >= 0.3 is 0 Å². The van der Waals surface area contributed by atoms with E-state index in [4.69, 9.17) is 6.42 Å². The van der Waals surface area contributed by atoms with Crippen LogP contribution in [-0.4, -0.2) is 35.3 Å². The molecule has 3 rings (SSSR count). The molecule has 0 aliphatic heterocycles. The second-order valence-electron chi connectivity index (χ2n) is 8.19. The van der Waals surface area contributed by atoms with Gasteiger partial charge in [0.15, 0.2) is 0 Å². The van der Waals surface area contributed by atoms with Crippen LogP contribution in [-0.2, 0) is 4.79 Å². The number of nitrogens with one attached hydrogen (secondary N) is 1. The molecule has 4 nitrogen and oxygen atoms in total. The molecule has 4 heteroatoms. The van der Waals surface area contributed by atoms with E-state index in [1.54, 1.807) is 17.0 Å². The first kappa shape index (κ1) is 20.5. The number of hydrogen-bond donors (Lipinski definition) is 1. The van der Waals surface area contributed by atoms with Crippen LogP contribution in [0.2, 0.25) is 0 Å². The maximum Gasteiger partial charge on any atom is 0.255 e. The van der Waals surface area contributed by atoms with Crippen LogP contribution in [0.3, 0.4) is 0 Å². The molecule has 2 aliphatic rings. The first-order chi connectivity index (χ1) is 13.7. The van der Waals surface area contributed by atoms with Crippen molar-refractivity contribution in [2.24, 2.45) is 5.92 Å². The molecule has 0 spiro atoms. The number of carbonyl (C=O) groups excluding carboxylic acids is 2. The van der Waals surface area contributed by atoms with Gasteiger partial charge in [-0.25, -0.2) is 0 Å². The molecule has 150 valence electrons. The average Bonchev–Trinajstić information content (AvgIpc) is 2.75. The van der Waals surface area contributed by atoms with Crippen molar-refractivity contribution < 1.29 is 9.59 Å². The lowest BCUT2D eigenvalue weighted by Gasteiger charge is -2.38. The average molecular weight is 381 g/mol. The van der Waals surface area contributed by atoms with Crippen molar-refractivity contribution in [1.29, 1.82) is 0 Å². The quantitative estimate of drug-likeness (QED) is 0.754. The molecule has 2 saturated carbocycles. The molecule has 2 fully saturated rings. The summed E-state index contributed by atoms with van der Waals surface area (Å²) in [7, 11) is 0. The van der Waals surface area contributed by atoms with Crippen molar-refractivity contribution in [2.75, 3.05) is 6.54 Å². The Hall–Kier alpha value is -2.28. The van der Waals surface area contributed by atoms with Gasteiger partial charge in [-0.05, 0) is 43.7 Å². The summed E-state index contributed by atoms with van der Waals surface area (Å²) in [4.78, 5) is 28.3. The molecule has 1 aromatic carbocycles. The van der Waals surface area contributed by atoms with Gasteiger partial charge in [-0.2, -0.15) is 0 Å². The largest absolute Gasteiger partial charge is 0.352 e. The predicted octanol–water partition coefficient (Wildman–Crippen LogP) is 4.16. The summed E-state index contributed by atoms with van der Waals surface area (Å²) in [6, 6.07) is 8.92. The Morgan fingerprint density at radius 3 is 2.21 bits per heavy atom. The van der Waals surface area contributed by atoms with Crippen LogP contribution in [0.25, 0.3) is 0 Å². The molecule has 0 bridgehead atoms. The molecule has 1 atom stereocenters. The Balaban J connectivity index is 1.84. The Kier molecular flexibility index (Phi) is 7.54. The van der Waals surface area contributed by atoms with Crippen LogP contribution in [0.1, 0.15) is 74.6 Å². The highest BCUT2D eigenvalue weighted by Gasteiger charge is 2.37. The zero-order valence-electron chi connectivity index (χ0n) is 16.7. The first-order valence-electron chi connectivity index (χ1n) is 10.8. The molecule has 1 N–H and O–H groups in total. The van der Waals surface area contributed by atoms with Gasteiger partial charge in [0.05, 0.1) is 6.54 Å². The van der Waals surface area contributed by atoms with Crippen LogP contribution in [0.4, 0.5) is 0 Å². The van der Waals surface area contributed by atoms with Gasteiger partial charge in [0.2, 0.25) is 5.91 Å². The van der Waals surface area contributed by atoms with Crippen LogP contribution in [0, 0.1) is 18.3 Å². The minimum atomic E-state index is -0.481. The fraction of sp³-hybridized carbons (Fsp3) is 0.583. The lowest BCUT2D eigenvalue weighted by molar-refractivity contribution is -0.128. The van der Waals surface area contributed by atoms with E-state index in [0.29, 0.717) is 5.56 Å². The topological polar surface area (TPSA) is 49.4 Å². The van der Waals surface area contributed by atoms with Crippen LogP contribution in [0.15, 0.2) is 30.3 Å². The Labute approximate surface area is 169 Å². The van der Waals surface area contributed by atoms with Gasteiger partial charge in [0.25, 0.3) is 5.91 Å². The SMILES string of the molecule is C#CCN(C(=O)c1ccccc1)C(C(=O)NC1CCCCC1)C1CCCCC1. The third-order valence-corrected chi connectivity index (χ3v) is 6.20. The Morgan fingerprint density at radius 2 is 1.61 bits per heavy atom. The van der Waals surface area contributed by atoms with Gasteiger partial charge in [0, 0.05) is 11.6 Å². The van der Waals surface area contributed by atoms with E-state index in [2.05, 4.69) is 11.2 Å². The second kappa shape index (κ2) is 10.3. The van der Waals surface area contributed by atoms with Gasteiger partial charge < -0.3 is 10.2 Å². The van der Waals surface area contributed by atoms with E-state index in [1.165, 1.54) is 12.8 Å². The van der Waals surface area contributed by atoms with E-state index in [0.717, 1.165) is 51.4 Å². The third-order valence-electron chi connectivity index (χ3n) is 6.20. The number of carbonyl (C=O) groups is 2. The normalized spacial score (nSPS) is 19.4. The monoisotopic (exact) mass is 380 g/mol. The fourth-order valence-corrected chi connectivity index (χ4v) is 4.73. The van der Waals surface area contributed by atoms with Gasteiger partial charge in [0.1, 0.15) is 6.04 Å². The Morgan fingerprint density at radius 1 is 1.00 bits per heavy atom. The van der Waals surface area contributed by atoms with E-state index >= 15 is 0 Å². The summed E-state index contributed by atoms with van der Waals surface area (Å²) in [6.07, 6.45) is 16.6. The number of benzene rings is 1. The van der Waals surface area contributed by atoms with Crippen molar-refractivity contribution in [3.8, 4) is 12.3 Å². The molecule has 28 heavy (non-hydrogen) atoms. The number of rotatable bonds is 6. The van der Waals surface area contributed by atoms with Crippen molar-refractivity contribution in [3.05, 3.63) is 35.9 Å². The summed E-state index contributed by atoms with van der Waals surface area (Å²) in [5.41, 5.74) is 0.587. The van der Waals surface area contributed by atoms with Crippen LogP contribution >= 0.6 is 0 Å². The zero-order chi connectivity index (χ0) is 19.8. The molecule has 2 amide bonds. The molecule has 2 aliphatic carbocycles. The Bertz CT molecular complexity index is 682. The molecular formula is C24H32N2O2. The molecular weight excluding hydrogens is 348 g/mol. The summed E-state index contributed by atoms with van der Waals surface area (Å²) in [5.74, 6) is 2.64. The van der Waals surface area contributed by atoms with Crippen molar-refractivity contribution in [3.63, 3.8) is 0 Å². The maximum atomic E-state index is 13.4. The molecule has 0 aromatic heterocycles. The van der Waals surface area contributed by atoms with E-state index in [1.807, 2.05) is 18.2 Å². The summed E-state index contributed by atoms with van der Waals surface area (Å²) < 4.78 is 0. The number of terminal acetylenes is 1. The molecule has 0 radical (unpaired) electrons. The summed E-state index contributed by atoms with van der Waals surface area (Å²) in [5, 5.41) is 3.26. The van der Waals surface area contributed by atoms with Gasteiger partial charge in [-0.3, -0.25) is 9.59 Å². The van der Waals surface area contributed by atoms with Gasteiger partial charge in [-0.15, -0.1) is 6.42 Å². The zero-order valence-corrected chi connectivity index (χ0v) is 16.7. The highest BCUT2D eigenvalue weighted by atomic mass is 16.2. The first-order valence-corrected chi connectivity index (χ1v) is 10.8. The lowest BCUT2D eigenvalue weighted by Crippen LogP contribution is -2.55. The summed E-state index contributed by atoms with van der Waals surface area (Å²) in [6.45, 7) is 0.160. The number of nitrogens with zero attached hydrogens (tertiary/aromatic N) is 1. The van der Waals surface area contributed by atoms with E-state index in [9.17, 15) is 9.59 Å². The smallest absolute Gasteiger partial charge is 0.255 e. The fourth-order valence-electron chi connectivity index (χ4n) is 4.73. The van der Waals surface area contributed by atoms with Gasteiger partial charge in [-0.1, -0.05) is 62.6 Å².